The lowest BCUT2D eigenvalue weighted by atomic mass is 10.2. The molecule has 0 fully saturated rings. The Morgan fingerprint density at radius 2 is 1.93 bits per heavy atom. The number of pyridine rings is 1. The van der Waals surface area contributed by atoms with Crippen molar-refractivity contribution >= 4 is 17.7 Å². The lowest BCUT2D eigenvalue weighted by Gasteiger charge is -2.10. The summed E-state index contributed by atoms with van der Waals surface area (Å²) in [5, 5.41) is 3.17. The van der Waals surface area contributed by atoms with Crippen molar-refractivity contribution in [1.29, 1.82) is 0 Å². The lowest BCUT2D eigenvalue weighted by Crippen LogP contribution is -2.22. The zero-order valence-corrected chi connectivity index (χ0v) is 14.8. The van der Waals surface area contributed by atoms with E-state index in [9.17, 15) is 4.79 Å². The summed E-state index contributed by atoms with van der Waals surface area (Å²) in [7, 11) is 0. The van der Waals surface area contributed by atoms with Crippen LogP contribution in [-0.4, -0.2) is 15.6 Å². The van der Waals surface area contributed by atoms with E-state index in [1.54, 1.807) is 24.8 Å². The molecule has 7 nitrogen and oxygen atoms in total. The van der Waals surface area contributed by atoms with E-state index in [0.717, 1.165) is 17.1 Å². The van der Waals surface area contributed by atoms with Crippen LogP contribution in [0.5, 0.6) is 0 Å². The number of nitrogens with one attached hydrogen (secondary N) is 1. The number of aromatic nitrogens is 2. The van der Waals surface area contributed by atoms with Crippen LogP contribution in [0.3, 0.4) is 0 Å². The molecule has 4 aromatic rings. The number of nitrogens with zero attached hydrogens (tertiary/aromatic N) is 3. The minimum atomic E-state index is -0.186. The van der Waals surface area contributed by atoms with Crippen LogP contribution in [0, 0.1) is 6.92 Å². The second-order valence-electron chi connectivity index (χ2n) is 6.10. The van der Waals surface area contributed by atoms with Gasteiger partial charge in [-0.3, -0.25) is 14.2 Å². The number of hydrogen-bond donors (Lipinski definition) is 1. The minimum absolute atomic E-state index is 0.186. The molecule has 0 unspecified atom stereocenters. The average molecular weight is 362 g/mol. The summed E-state index contributed by atoms with van der Waals surface area (Å²) in [6.07, 6.45) is 6.51. The van der Waals surface area contributed by atoms with Crippen LogP contribution in [0.4, 0.5) is 5.82 Å². The molecule has 27 heavy (non-hydrogen) atoms. The highest BCUT2D eigenvalue weighted by Gasteiger charge is 2.12. The molecule has 0 saturated carbocycles. The van der Waals surface area contributed by atoms with E-state index >= 15 is 0 Å². The number of aliphatic imine (C=N–C) groups is 1. The number of rotatable bonds is 6. The van der Waals surface area contributed by atoms with Gasteiger partial charge in [-0.25, -0.2) is 4.98 Å². The molecule has 0 radical (unpaired) electrons. The highest BCUT2D eigenvalue weighted by atomic mass is 16.3. The molecule has 0 aliphatic carbocycles. The fraction of sp³-hybridized carbons (Fsp3) is 0.150. The lowest BCUT2D eigenvalue weighted by molar-refractivity contribution is 0.513. The number of furan rings is 2. The number of anilines is 1. The average Bonchev–Trinajstić information content (AvgIpc) is 3.36. The van der Waals surface area contributed by atoms with Crippen LogP contribution in [0.25, 0.3) is 5.65 Å². The van der Waals surface area contributed by atoms with E-state index in [0.29, 0.717) is 30.1 Å². The normalized spacial score (nSPS) is 11.4. The van der Waals surface area contributed by atoms with Gasteiger partial charge in [0.25, 0.3) is 5.56 Å². The molecule has 4 heterocycles. The molecule has 136 valence electrons. The number of aryl methyl sites for hydroxylation is 1. The van der Waals surface area contributed by atoms with Gasteiger partial charge in [0.1, 0.15) is 28.5 Å². The minimum Gasteiger partial charge on any atom is -0.467 e. The van der Waals surface area contributed by atoms with Crippen molar-refractivity contribution in [1.82, 2.24) is 9.38 Å². The molecule has 7 heteroatoms. The largest absolute Gasteiger partial charge is 0.467 e. The highest BCUT2D eigenvalue weighted by Crippen LogP contribution is 2.13. The SMILES string of the molecule is Cc1ccc2nc(NCc3ccco3)c(C=NCc3ccco3)c(=O)n2c1. The summed E-state index contributed by atoms with van der Waals surface area (Å²) in [5.41, 5.74) is 1.74. The van der Waals surface area contributed by atoms with Crippen LogP contribution in [-0.2, 0) is 13.1 Å². The fourth-order valence-electron chi connectivity index (χ4n) is 2.72. The third-order valence-corrected chi connectivity index (χ3v) is 4.06. The van der Waals surface area contributed by atoms with E-state index in [4.69, 9.17) is 8.83 Å². The smallest absolute Gasteiger partial charge is 0.268 e. The van der Waals surface area contributed by atoms with Crippen molar-refractivity contribution in [3.05, 3.63) is 88.1 Å². The van der Waals surface area contributed by atoms with Gasteiger partial charge in [-0.15, -0.1) is 0 Å². The summed E-state index contributed by atoms with van der Waals surface area (Å²) in [5.74, 6) is 1.93. The fourth-order valence-corrected chi connectivity index (χ4v) is 2.72. The molecular weight excluding hydrogens is 344 g/mol. The Morgan fingerprint density at radius 1 is 1.15 bits per heavy atom. The van der Waals surface area contributed by atoms with Crippen molar-refractivity contribution in [2.24, 2.45) is 4.99 Å². The molecule has 0 amide bonds. The summed E-state index contributed by atoms with van der Waals surface area (Å²) >= 11 is 0. The second-order valence-corrected chi connectivity index (χ2v) is 6.10. The zero-order chi connectivity index (χ0) is 18.6. The van der Waals surface area contributed by atoms with Gasteiger partial charge in [-0.1, -0.05) is 6.07 Å². The molecule has 0 saturated heterocycles. The Kier molecular flexibility index (Phi) is 4.57. The maximum Gasteiger partial charge on any atom is 0.268 e. The monoisotopic (exact) mass is 362 g/mol. The Labute approximate surface area is 155 Å². The molecule has 0 aliphatic rings. The van der Waals surface area contributed by atoms with Crippen LogP contribution in [0.2, 0.25) is 0 Å². The highest BCUT2D eigenvalue weighted by molar-refractivity contribution is 5.86. The van der Waals surface area contributed by atoms with Crippen molar-refractivity contribution in [2.75, 3.05) is 5.32 Å². The molecule has 0 spiro atoms. The Bertz CT molecular complexity index is 1130. The molecule has 4 rings (SSSR count). The zero-order valence-electron chi connectivity index (χ0n) is 14.8. The maximum atomic E-state index is 13.0. The van der Waals surface area contributed by atoms with Gasteiger partial charge in [0, 0.05) is 12.4 Å². The molecule has 0 aromatic carbocycles. The summed E-state index contributed by atoms with van der Waals surface area (Å²) in [4.78, 5) is 21.9. The third kappa shape index (κ3) is 3.67. The van der Waals surface area contributed by atoms with Crippen LogP contribution >= 0.6 is 0 Å². The van der Waals surface area contributed by atoms with Crippen LogP contribution < -0.4 is 10.9 Å². The van der Waals surface area contributed by atoms with E-state index in [1.165, 1.54) is 10.6 Å². The van der Waals surface area contributed by atoms with Gasteiger partial charge in [-0.2, -0.15) is 0 Å². The predicted octanol–water partition coefficient (Wildman–Crippen LogP) is 3.42. The number of fused-ring (bicyclic) bond motifs is 1. The quantitative estimate of drug-likeness (QED) is 0.531. The predicted molar refractivity (Wildman–Crippen MR) is 102 cm³/mol. The van der Waals surface area contributed by atoms with Crippen LogP contribution in [0.15, 0.2) is 73.7 Å². The Morgan fingerprint density at radius 3 is 2.67 bits per heavy atom. The van der Waals surface area contributed by atoms with E-state index in [-0.39, 0.29) is 5.56 Å². The van der Waals surface area contributed by atoms with Crippen molar-refractivity contribution in [3.8, 4) is 0 Å². The van der Waals surface area contributed by atoms with Gasteiger partial charge in [0.15, 0.2) is 0 Å². The van der Waals surface area contributed by atoms with E-state index < -0.39 is 0 Å². The van der Waals surface area contributed by atoms with Gasteiger partial charge in [-0.05, 0) is 42.8 Å². The standard InChI is InChI=1S/C20H18N4O3/c1-14-6-7-18-23-19(22-11-16-5-3-9-27-16)17(20(25)24(18)13-14)12-21-10-15-4-2-8-26-15/h2-9,12-13,22H,10-11H2,1H3. The van der Waals surface area contributed by atoms with Crippen molar-refractivity contribution in [3.63, 3.8) is 0 Å². The first kappa shape index (κ1) is 16.8. The van der Waals surface area contributed by atoms with E-state index in [2.05, 4.69) is 15.3 Å². The van der Waals surface area contributed by atoms with Gasteiger partial charge in [0.05, 0.1) is 25.6 Å². The molecule has 1 N–H and O–H groups in total. The summed E-state index contributed by atoms with van der Waals surface area (Å²) < 4.78 is 12.1. The van der Waals surface area contributed by atoms with Gasteiger partial charge >= 0.3 is 0 Å². The molecule has 0 atom stereocenters. The summed E-state index contributed by atoms with van der Waals surface area (Å²) in [6, 6.07) is 11.0. The molecule has 0 bridgehead atoms. The first-order valence-electron chi connectivity index (χ1n) is 8.52. The molecule has 0 aliphatic heterocycles. The topological polar surface area (TPSA) is 85.0 Å². The van der Waals surface area contributed by atoms with Crippen LogP contribution in [0.1, 0.15) is 22.6 Å². The maximum absolute atomic E-state index is 13.0. The van der Waals surface area contributed by atoms with Crippen molar-refractivity contribution in [2.45, 2.75) is 20.0 Å². The van der Waals surface area contributed by atoms with Gasteiger partial charge < -0.3 is 14.2 Å². The molecular formula is C20H18N4O3. The first-order chi connectivity index (χ1) is 13.2. The Hall–Kier alpha value is -3.61. The Balaban J connectivity index is 1.72. The third-order valence-electron chi connectivity index (χ3n) is 4.06. The number of hydrogen-bond acceptors (Lipinski definition) is 6. The van der Waals surface area contributed by atoms with E-state index in [1.807, 2.05) is 37.3 Å². The molecule has 4 aromatic heterocycles. The first-order valence-corrected chi connectivity index (χ1v) is 8.52. The van der Waals surface area contributed by atoms with Gasteiger partial charge in [0.2, 0.25) is 0 Å². The van der Waals surface area contributed by atoms with Crippen molar-refractivity contribution < 1.29 is 8.83 Å². The summed E-state index contributed by atoms with van der Waals surface area (Å²) in [6.45, 7) is 2.70. The second kappa shape index (κ2) is 7.33.